The monoisotopic (exact) mass is 361 g/mol. The van der Waals surface area contributed by atoms with Crippen molar-refractivity contribution in [3.63, 3.8) is 0 Å². The molecule has 0 spiro atoms. The van der Waals surface area contributed by atoms with E-state index in [9.17, 15) is 13.2 Å². The van der Waals surface area contributed by atoms with Crippen molar-refractivity contribution in [1.29, 1.82) is 0 Å². The van der Waals surface area contributed by atoms with Gasteiger partial charge in [0.1, 0.15) is 0 Å². The SMILES string of the molecule is FC(F)(F)c1ccc2c(=S)n(-c3ncccn3)[se]c2c1. The zero-order valence-electron chi connectivity index (χ0n) is 9.76. The fourth-order valence-electron chi connectivity index (χ4n) is 1.73. The summed E-state index contributed by atoms with van der Waals surface area (Å²) in [7, 11) is 0. The number of nitrogens with zero attached hydrogens (tertiary/aromatic N) is 3. The Morgan fingerprint density at radius 3 is 2.50 bits per heavy atom. The van der Waals surface area contributed by atoms with Gasteiger partial charge in [0.2, 0.25) is 0 Å². The molecule has 0 amide bonds. The minimum absolute atomic E-state index is 0.380. The Morgan fingerprint density at radius 2 is 1.85 bits per heavy atom. The molecule has 0 N–H and O–H groups in total. The zero-order chi connectivity index (χ0) is 14.3. The van der Waals surface area contributed by atoms with Gasteiger partial charge in [-0.25, -0.2) is 0 Å². The number of benzene rings is 1. The van der Waals surface area contributed by atoms with Gasteiger partial charge < -0.3 is 0 Å². The molecule has 3 nitrogen and oxygen atoms in total. The van der Waals surface area contributed by atoms with Crippen molar-refractivity contribution in [1.82, 2.24) is 13.5 Å². The second-order valence-corrected chi connectivity index (χ2v) is 6.41. The van der Waals surface area contributed by atoms with Crippen LogP contribution in [0.1, 0.15) is 5.56 Å². The molecule has 20 heavy (non-hydrogen) atoms. The Hall–Kier alpha value is -1.50. The predicted octanol–water partition coefficient (Wildman–Crippen LogP) is 3.23. The fraction of sp³-hybridized carbons (Fsp3) is 0.0833. The van der Waals surface area contributed by atoms with E-state index in [1.54, 1.807) is 22.0 Å². The molecule has 102 valence electrons. The van der Waals surface area contributed by atoms with Gasteiger partial charge in [-0.3, -0.25) is 0 Å². The van der Waals surface area contributed by atoms with Crippen LogP contribution in [0.3, 0.4) is 0 Å². The predicted molar refractivity (Wildman–Crippen MR) is 71.6 cm³/mol. The number of hydrogen-bond acceptors (Lipinski definition) is 3. The van der Waals surface area contributed by atoms with Crippen LogP contribution in [0.4, 0.5) is 13.2 Å². The normalized spacial score (nSPS) is 11.9. The van der Waals surface area contributed by atoms with E-state index >= 15 is 0 Å². The van der Waals surface area contributed by atoms with Crippen molar-refractivity contribution in [2.24, 2.45) is 0 Å². The molecule has 2 heterocycles. The Morgan fingerprint density at radius 1 is 1.15 bits per heavy atom. The second kappa shape index (κ2) is 4.80. The summed E-state index contributed by atoms with van der Waals surface area (Å²) in [5.74, 6) is 0.419. The number of hydrogen-bond donors (Lipinski definition) is 0. The molecule has 0 unspecified atom stereocenters. The van der Waals surface area contributed by atoms with Crippen LogP contribution >= 0.6 is 12.2 Å². The van der Waals surface area contributed by atoms with Crippen LogP contribution in [-0.2, 0) is 6.18 Å². The summed E-state index contributed by atoms with van der Waals surface area (Å²) in [6.45, 7) is 0. The number of aromatic nitrogens is 3. The molecule has 3 rings (SSSR count). The fourth-order valence-corrected chi connectivity index (χ4v) is 4.42. The number of fused-ring (bicyclic) bond motifs is 1. The quantitative estimate of drug-likeness (QED) is 0.493. The zero-order valence-corrected chi connectivity index (χ0v) is 12.3. The number of rotatable bonds is 1. The molecule has 0 aliphatic rings. The van der Waals surface area contributed by atoms with Crippen molar-refractivity contribution in [2.45, 2.75) is 6.18 Å². The topological polar surface area (TPSA) is 30.7 Å². The Kier molecular flexibility index (Phi) is 3.24. The van der Waals surface area contributed by atoms with E-state index in [0.29, 0.717) is 20.2 Å². The van der Waals surface area contributed by atoms with E-state index in [-0.39, 0.29) is 14.7 Å². The third kappa shape index (κ3) is 2.30. The first-order valence-corrected chi connectivity index (χ1v) is 7.50. The Balaban J connectivity index is 2.23. The first-order valence-electron chi connectivity index (χ1n) is 5.47. The average molecular weight is 360 g/mol. The summed E-state index contributed by atoms with van der Waals surface area (Å²) in [5, 5.41) is 0.653. The van der Waals surface area contributed by atoms with Gasteiger partial charge in [-0.1, -0.05) is 0 Å². The van der Waals surface area contributed by atoms with E-state index in [4.69, 9.17) is 12.2 Å². The molecule has 0 saturated carbocycles. The van der Waals surface area contributed by atoms with Crippen LogP contribution in [0, 0.1) is 4.64 Å². The van der Waals surface area contributed by atoms with Gasteiger partial charge in [0.15, 0.2) is 0 Å². The second-order valence-electron chi connectivity index (χ2n) is 3.95. The molecule has 0 fully saturated rings. The third-order valence-corrected chi connectivity index (χ3v) is 5.54. The molecule has 1 aromatic carbocycles. The van der Waals surface area contributed by atoms with E-state index in [1.165, 1.54) is 6.07 Å². The Labute approximate surface area is 122 Å². The van der Waals surface area contributed by atoms with E-state index in [1.807, 2.05) is 0 Å². The molecule has 0 atom stereocenters. The standard InChI is InChI=1S/C12H6F3N3SSe/c13-12(14,15)7-2-3-8-9(6-7)20-18(10(8)19)11-16-4-1-5-17-11/h1-6H. The molecule has 0 radical (unpaired) electrons. The van der Waals surface area contributed by atoms with Gasteiger partial charge in [0.05, 0.1) is 0 Å². The molecule has 0 bridgehead atoms. The van der Waals surface area contributed by atoms with Crippen LogP contribution in [-0.4, -0.2) is 28.3 Å². The van der Waals surface area contributed by atoms with Crippen LogP contribution in [0.15, 0.2) is 36.7 Å². The van der Waals surface area contributed by atoms with Crippen molar-refractivity contribution >= 4 is 36.6 Å². The van der Waals surface area contributed by atoms with Gasteiger partial charge in [0, 0.05) is 0 Å². The third-order valence-electron chi connectivity index (χ3n) is 2.65. The molecule has 2 aromatic heterocycles. The van der Waals surface area contributed by atoms with Gasteiger partial charge >= 0.3 is 122 Å². The molecular formula is C12H6F3N3SSe. The van der Waals surface area contributed by atoms with Crippen molar-refractivity contribution in [3.8, 4) is 5.95 Å². The van der Waals surface area contributed by atoms with Crippen molar-refractivity contribution < 1.29 is 13.2 Å². The molecule has 0 aliphatic heterocycles. The molecule has 0 aliphatic carbocycles. The van der Waals surface area contributed by atoms with Crippen molar-refractivity contribution in [2.75, 3.05) is 0 Å². The maximum atomic E-state index is 12.7. The molecule has 8 heteroatoms. The van der Waals surface area contributed by atoms with Crippen LogP contribution in [0.2, 0.25) is 0 Å². The van der Waals surface area contributed by atoms with Gasteiger partial charge in [0.25, 0.3) is 0 Å². The van der Waals surface area contributed by atoms with Gasteiger partial charge in [-0.15, -0.1) is 0 Å². The summed E-state index contributed by atoms with van der Waals surface area (Å²) in [4.78, 5) is 8.17. The molecule has 3 aromatic rings. The first kappa shape index (κ1) is 13.5. The maximum absolute atomic E-state index is 12.7. The van der Waals surface area contributed by atoms with E-state index < -0.39 is 11.7 Å². The minimum atomic E-state index is -4.34. The van der Waals surface area contributed by atoms with Crippen molar-refractivity contribution in [3.05, 3.63) is 46.9 Å². The first-order chi connectivity index (χ1) is 9.47. The number of alkyl halides is 3. The van der Waals surface area contributed by atoms with Crippen LogP contribution < -0.4 is 0 Å². The van der Waals surface area contributed by atoms with Crippen LogP contribution in [0.5, 0.6) is 0 Å². The summed E-state index contributed by atoms with van der Waals surface area (Å²) >= 11 is 4.91. The molecular weight excluding hydrogens is 354 g/mol. The summed E-state index contributed by atoms with van der Waals surface area (Å²) in [6.07, 6.45) is -1.19. The average Bonchev–Trinajstić information content (AvgIpc) is 2.76. The van der Waals surface area contributed by atoms with E-state index in [2.05, 4.69) is 9.97 Å². The van der Waals surface area contributed by atoms with Gasteiger partial charge in [-0.05, 0) is 0 Å². The summed E-state index contributed by atoms with van der Waals surface area (Å²) < 4.78 is 40.9. The summed E-state index contributed by atoms with van der Waals surface area (Å²) in [6, 6.07) is 5.30. The molecule has 0 saturated heterocycles. The summed E-state index contributed by atoms with van der Waals surface area (Å²) in [5.41, 5.74) is -0.656. The van der Waals surface area contributed by atoms with Gasteiger partial charge in [-0.2, -0.15) is 0 Å². The van der Waals surface area contributed by atoms with Crippen LogP contribution in [0.25, 0.3) is 15.6 Å². The number of halogens is 3. The Bertz CT molecular complexity index is 823. The van der Waals surface area contributed by atoms with E-state index in [0.717, 1.165) is 12.1 Å².